The Bertz CT molecular complexity index is 821. The Labute approximate surface area is 163 Å². The first-order chi connectivity index (χ1) is 13.0. The predicted molar refractivity (Wildman–Crippen MR) is 119 cm³/mol. The highest BCUT2D eigenvalue weighted by Gasteiger charge is 2.18. The van der Waals surface area contributed by atoms with Crippen LogP contribution < -0.4 is 21.9 Å². The molecule has 1 atom stereocenters. The summed E-state index contributed by atoms with van der Waals surface area (Å²) in [6.45, 7) is 10.6. The Morgan fingerprint density at radius 1 is 1.07 bits per heavy atom. The Kier molecular flexibility index (Phi) is 7.08. The molecule has 2 aromatic rings. The van der Waals surface area contributed by atoms with Crippen molar-refractivity contribution in [3.05, 3.63) is 66.0 Å². The summed E-state index contributed by atoms with van der Waals surface area (Å²) in [6.07, 6.45) is 7.60. The molecule has 0 amide bonds. The first-order valence-electron chi connectivity index (χ1n) is 9.65. The van der Waals surface area contributed by atoms with Crippen molar-refractivity contribution in [3.8, 4) is 11.1 Å². The predicted octanol–water partition coefficient (Wildman–Crippen LogP) is 5.24. The Hall–Kier alpha value is -2.72. The van der Waals surface area contributed by atoms with Gasteiger partial charge in [-0.15, -0.1) is 0 Å². The molecule has 4 heteroatoms. The summed E-state index contributed by atoms with van der Waals surface area (Å²) >= 11 is 0. The summed E-state index contributed by atoms with van der Waals surface area (Å²) in [7, 11) is 0. The Morgan fingerprint density at radius 2 is 1.74 bits per heavy atom. The summed E-state index contributed by atoms with van der Waals surface area (Å²) in [5.74, 6) is 0.442. The van der Waals surface area contributed by atoms with Gasteiger partial charge in [0.1, 0.15) is 0 Å². The number of rotatable bonds is 4. The van der Waals surface area contributed by atoms with Crippen LogP contribution in [0.25, 0.3) is 17.2 Å². The van der Waals surface area contributed by atoms with Gasteiger partial charge in [-0.2, -0.15) is 0 Å². The molecular weight excluding hydrogens is 332 g/mol. The topological polar surface area (TPSA) is 67.3 Å². The van der Waals surface area contributed by atoms with Gasteiger partial charge in [-0.05, 0) is 71.6 Å². The van der Waals surface area contributed by atoms with E-state index in [0.29, 0.717) is 12.0 Å². The van der Waals surface area contributed by atoms with E-state index >= 15 is 0 Å². The van der Waals surface area contributed by atoms with Crippen LogP contribution in [0.15, 0.2) is 54.9 Å². The van der Waals surface area contributed by atoms with Crippen LogP contribution in [-0.2, 0) is 0 Å². The number of hydrazine groups is 1. The smallest absolute Gasteiger partial charge is 0.0611 e. The van der Waals surface area contributed by atoms with Gasteiger partial charge >= 0.3 is 0 Å². The van der Waals surface area contributed by atoms with E-state index in [4.69, 9.17) is 11.5 Å². The molecular formula is C23H32N4. The van der Waals surface area contributed by atoms with E-state index in [-0.39, 0.29) is 0 Å². The first kappa shape index (κ1) is 20.6. The number of nitrogens with zero attached hydrogens (tertiary/aromatic N) is 1. The molecule has 0 aromatic heterocycles. The summed E-state index contributed by atoms with van der Waals surface area (Å²) in [5.41, 5.74) is 21.4. The average molecular weight is 365 g/mol. The lowest BCUT2D eigenvalue weighted by Crippen LogP contribution is -2.34. The highest BCUT2D eigenvalue weighted by Crippen LogP contribution is 2.34. The second-order valence-corrected chi connectivity index (χ2v) is 6.76. The third-order valence-corrected chi connectivity index (χ3v) is 4.47. The fourth-order valence-corrected chi connectivity index (χ4v) is 3.09. The molecule has 0 saturated carbocycles. The lowest BCUT2D eigenvalue weighted by Gasteiger charge is -2.24. The quantitative estimate of drug-likeness (QED) is 0.649. The van der Waals surface area contributed by atoms with E-state index in [9.17, 15) is 0 Å². The van der Waals surface area contributed by atoms with Crippen molar-refractivity contribution in [3.63, 3.8) is 0 Å². The van der Waals surface area contributed by atoms with Gasteiger partial charge in [0.15, 0.2) is 0 Å². The molecule has 144 valence electrons. The van der Waals surface area contributed by atoms with Gasteiger partial charge in [0.25, 0.3) is 0 Å². The highest BCUT2D eigenvalue weighted by atomic mass is 15.5. The van der Waals surface area contributed by atoms with Gasteiger partial charge < -0.3 is 11.5 Å². The molecule has 1 heterocycles. The van der Waals surface area contributed by atoms with Crippen LogP contribution in [0.2, 0.25) is 0 Å². The average Bonchev–Trinajstić information content (AvgIpc) is 3.11. The van der Waals surface area contributed by atoms with Gasteiger partial charge in [0.2, 0.25) is 0 Å². The SMILES string of the molecule is CC.CC1C=CN(c2cc(-c3ccc(N)c(/C=C\N)c3)ccc2C(C)C)N1. The minimum absolute atomic E-state index is 0.335. The van der Waals surface area contributed by atoms with Crippen molar-refractivity contribution in [1.29, 1.82) is 0 Å². The second-order valence-electron chi connectivity index (χ2n) is 6.76. The lowest BCUT2D eigenvalue weighted by atomic mass is 9.95. The summed E-state index contributed by atoms with van der Waals surface area (Å²) < 4.78 is 0. The number of nitrogens with two attached hydrogens (primary N) is 2. The molecule has 3 rings (SSSR count). The summed E-state index contributed by atoms with van der Waals surface area (Å²) in [4.78, 5) is 0. The van der Waals surface area contributed by atoms with Crippen molar-refractivity contribution in [2.45, 2.75) is 46.6 Å². The number of hydrogen-bond donors (Lipinski definition) is 3. The summed E-state index contributed by atoms with van der Waals surface area (Å²) in [5, 5.41) is 2.11. The van der Waals surface area contributed by atoms with E-state index in [1.165, 1.54) is 17.5 Å². The van der Waals surface area contributed by atoms with Crippen LogP contribution in [0, 0.1) is 0 Å². The number of nitrogen functional groups attached to an aromatic ring is 1. The first-order valence-corrected chi connectivity index (χ1v) is 9.65. The van der Waals surface area contributed by atoms with Crippen molar-refractivity contribution in [2.75, 3.05) is 10.7 Å². The maximum absolute atomic E-state index is 6.03. The second kappa shape index (κ2) is 9.28. The number of nitrogens with one attached hydrogen (secondary N) is 1. The molecule has 0 radical (unpaired) electrons. The normalized spacial score (nSPS) is 16.1. The van der Waals surface area contributed by atoms with E-state index < -0.39 is 0 Å². The monoisotopic (exact) mass is 364 g/mol. The van der Waals surface area contributed by atoms with Crippen molar-refractivity contribution in [2.24, 2.45) is 5.73 Å². The van der Waals surface area contributed by atoms with E-state index in [2.05, 4.69) is 67.7 Å². The molecule has 0 saturated heterocycles. The molecule has 1 aliphatic heterocycles. The molecule has 1 aliphatic rings. The minimum atomic E-state index is 0.335. The van der Waals surface area contributed by atoms with Crippen molar-refractivity contribution < 1.29 is 0 Å². The van der Waals surface area contributed by atoms with Gasteiger partial charge in [0, 0.05) is 17.9 Å². The fourth-order valence-electron chi connectivity index (χ4n) is 3.09. The molecule has 0 spiro atoms. The fraction of sp³-hybridized carbons (Fsp3) is 0.304. The number of benzene rings is 2. The number of anilines is 2. The highest BCUT2D eigenvalue weighted by molar-refractivity contribution is 5.77. The largest absolute Gasteiger partial charge is 0.405 e. The van der Waals surface area contributed by atoms with Crippen molar-refractivity contribution >= 4 is 17.5 Å². The molecule has 0 fully saturated rings. The van der Waals surface area contributed by atoms with E-state index in [1.807, 2.05) is 32.1 Å². The standard InChI is InChI=1S/C21H26N4.C2H6/c1-14(2)19-6-4-17(13-21(19)25-11-9-15(3)24-25)16-5-7-20(23)18(12-16)8-10-22;1-2/h4-15,24H,22-23H2,1-3H3;1-2H3/b10-8-;. The van der Waals surface area contributed by atoms with Gasteiger partial charge in [-0.25, -0.2) is 5.43 Å². The van der Waals surface area contributed by atoms with E-state index in [0.717, 1.165) is 22.4 Å². The van der Waals surface area contributed by atoms with Crippen LogP contribution in [0.5, 0.6) is 0 Å². The van der Waals surface area contributed by atoms with Gasteiger partial charge in [0.05, 0.1) is 5.69 Å². The van der Waals surface area contributed by atoms with Crippen LogP contribution >= 0.6 is 0 Å². The zero-order valence-electron chi connectivity index (χ0n) is 17.0. The minimum Gasteiger partial charge on any atom is -0.405 e. The molecule has 5 N–H and O–H groups in total. The van der Waals surface area contributed by atoms with Crippen LogP contribution in [0.3, 0.4) is 0 Å². The molecule has 0 aliphatic carbocycles. The molecule has 4 nitrogen and oxygen atoms in total. The molecule has 0 bridgehead atoms. The van der Waals surface area contributed by atoms with Gasteiger partial charge in [-0.1, -0.05) is 45.9 Å². The third kappa shape index (κ3) is 4.72. The zero-order valence-corrected chi connectivity index (χ0v) is 17.0. The van der Waals surface area contributed by atoms with Crippen LogP contribution in [0.4, 0.5) is 11.4 Å². The number of hydrogen-bond acceptors (Lipinski definition) is 4. The van der Waals surface area contributed by atoms with Crippen molar-refractivity contribution in [1.82, 2.24) is 5.43 Å². The maximum Gasteiger partial charge on any atom is 0.0611 e. The maximum atomic E-state index is 6.03. The Balaban J connectivity index is 0.00000126. The van der Waals surface area contributed by atoms with Gasteiger partial charge in [-0.3, -0.25) is 5.01 Å². The van der Waals surface area contributed by atoms with Crippen LogP contribution in [-0.4, -0.2) is 6.04 Å². The lowest BCUT2D eigenvalue weighted by molar-refractivity contribution is 0.678. The van der Waals surface area contributed by atoms with E-state index in [1.54, 1.807) is 0 Å². The Morgan fingerprint density at radius 3 is 2.33 bits per heavy atom. The molecule has 1 unspecified atom stereocenters. The van der Waals surface area contributed by atoms with Crippen LogP contribution in [0.1, 0.15) is 51.7 Å². The zero-order chi connectivity index (χ0) is 20.0. The third-order valence-electron chi connectivity index (χ3n) is 4.47. The molecule has 2 aromatic carbocycles. The summed E-state index contributed by atoms with van der Waals surface area (Å²) in [6, 6.07) is 13.0. The molecule has 27 heavy (non-hydrogen) atoms.